The molecule has 0 radical (unpaired) electrons. The summed E-state index contributed by atoms with van der Waals surface area (Å²) in [5, 5.41) is 6.70. The molecule has 0 atom stereocenters. The Balaban J connectivity index is 1.99. The lowest BCUT2D eigenvalue weighted by atomic mass is 10.2. The first-order valence-corrected chi connectivity index (χ1v) is 9.12. The molecule has 144 valence electrons. The van der Waals surface area contributed by atoms with E-state index in [0.29, 0.717) is 12.5 Å². The third kappa shape index (κ3) is 5.81. The highest BCUT2D eigenvalue weighted by Gasteiger charge is 2.11. The largest absolute Gasteiger partial charge is 0.355 e. The number of hydrogen-bond donors (Lipinski definition) is 2. The number of amides is 2. The zero-order chi connectivity index (χ0) is 20.0. The summed E-state index contributed by atoms with van der Waals surface area (Å²) in [5.41, 5.74) is 7.74. The van der Waals surface area contributed by atoms with Crippen LogP contribution in [-0.4, -0.2) is 29.1 Å². The van der Waals surface area contributed by atoms with E-state index < -0.39 is 5.91 Å². The Kier molecular flexibility index (Phi) is 6.93. The molecule has 1 aromatic heterocycles. The summed E-state index contributed by atoms with van der Waals surface area (Å²) in [7, 11) is 0. The van der Waals surface area contributed by atoms with Crippen molar-refractivity contribution in [1.29, 1.82) is 0 Å². The van der Waals surface area contributed by atoms with Crippen molar-refractivity contribution in [2.75, 3.05) is 6.54 Å². The van der Waals surface area contributed by atoms with Gasteiger partial charge >= 0.3 is 0 Å². The molecule has 2 aromatic rings. The molecule has 0 bridgehead atoms. The molecule has 6 nitrogen and oxygen atoms in total. The Bertz CT molecular complexity index is 833. The summed E-state index contributed by atoms with van der Waals surface area (Å²) in [6, 6.07) is 10.3. The van der Waals surface area contributed by atoms with Crippen LogP contribution in [0.1, 0.15) is 42.8 Å². The summed E-state index contributed by atoms with van der Waals surface area (Å²) >= 11 is 0. The standard InChI is InChI=1S/C21H28N4O2/c1-14(2)12-22-20(26)11-21(27)24-23-13-18-10-16(4)25(17(18)5)19-8-6-15(3)7-9-19/h6-10,13-14H,11-12H2,1-5H3,(H,22,26)(H,24,27)/b23-13+. The van der Waals surface area contributed by atoms with Crippen molar-refractivity contribution in [1.82, 2.24) is 15.3 Å². The monoisotopic (exact) mass is 368 g/mol. The van der Waals surface area contributed by atoms with E-state index in [0.717, 1.165) is 22.6 Å². The van der Waals surface area contributed by atoms with E-state index in [1.165, 1.54) is 5.56 Å². The lowest BCUT2D eigenvalue weighted by Crippen LogP contribution is -2.32. The first-order valence-electron chi connectivity index (χ1n) is 9.12. The molecule has 0 unspecified atom stereocenters. The Morgan fingerprint density at radius 1 is 1.11 bits per heavy atom. The molecule has 0 saturated carbocycles. The number of aryl methyl sites for hydroxylation is 2. The average molecular weight is 368 g/mol. The highest BCUT2D eigenvalue weighted by atomic mass is 16.2. The maximum atomic E-state index is 11.8. The molecule has 1 aromatic carbocycles. The fourth-order valence-electron chi connectivity index (χ4n) is 2.75. The van der Waals surface area contributed by atoms with Gasteiger partial charge in [0, 0.05) is 29.2 Å². The molecule has 0 aliphatic rings. The minimum Gasteiger partial charge on any atom is -0.355 e. The maximum absolute atomic E-state index is 11.8. The molecule has 0 fully saturated rings. The predicted molar refractivity (Wildman–Crippen MR) is 108 cm³/mol. The summed E-state index contributed by atoms with van der Waals surface area (Å²) in [6.45, 7) is 10.6. The van der Waals surface area contributed by atoms with E-state index >= 15 is 0 Å². The second kappa shape index (κ2) is 9.16. The fourth-order valence-corrected chi connectivity index (χ4v) is 2.75. The molecule has 2 amide bonds. The van der Waals surface area contributed by atoms with Gasteiger partial charge in [0.1, 0.15) is 6.42 Å². The van der Waals surface area contributed by atoms with Crippen molar-refractivity contribution in [2.45, 2.75) is 41.0 Å². The van der Waals surface area contributed by atoms with E-state index in [2.05, 4.69) is 51.6 Å². The molecular weight excluding hydrogens is 340 g/mol. The Labute approximate surface area is 160 Å². The Morgan fingerprint density at radius 2 is 1.78 bits per heavy atom. The highest BCUT2D eigenvalue weighted by Crippen LogP contribution is 2.20. The van der Waals surface area contributed by atoms with Gasteiger partial charge in [0.05, 0.1) is 6.21 Å². The SMILES string of the molecule is Cc1ccc(-n2c(C)cc(/C=N/NC(=O)CC(=O)NCC(C)C)c2C)cc1. The quantitative estimate of drug-likeness (QED) is 0.448. The molecule has 2 rings (SSSR count). The van der Waals surface area contributed by atoms with Gasteiger partial charge in [-0.25, -0.2) is 5.43 Å². The Morgan fingerprint density at radius 3 is 2.41 bits per heavy atom. The van der Waals surface area contributed by atoms with Crippen LogP contribution in [0.3, 0.4) is 0 Å². The molecule has 0 aliphatic heterocycles. The summed E-state index contributed by atoms with van der Waals surface area (Å²) < 4.78 is 2.14. The van der Waals surface area contributed by atoms with Gasteiger partial charge in [-0.1, -0.05) is 31.5 Å². The molecule has 2 N–H and O–H groups in total. The number of rotatable bonds is 7. The van der Waals surface area contributed by atoms with Crippen molar-refractivity contribution < 1.29 is 9.59 Å². The lowest BCUT2D eigenvalue weighted by Gasteiger charge is -2.09. The minimum atomic E-state index is -0.431. The first kappa shape index (κ1) is 20.4. The number of hydrazone groups is 1. The van der Waals surface area contributed by atoms with Crippen LogP contribution in [0.2, 0.25) is 0 Å². The van der Waals surface area contributed by atoms with Crippen molar-refractivity contribution in [3.8, 4) is 5.69 Å². The molecule has 0 spiro atoms. The number of carbonyl (C=O) groups excluding carboxylic acids is 2. The Hall–Kier alpha value is -2.89. The lowest BCUT2D eigenvalue weighted by molar-refractivity contribution is -0.129. The number of carbonyl (C=O) groups is 2. The van der Waals surface area contributed by atoms with Gasteiger partial charge in [0.15, 0.2) is 0 Å². The molecule has 1 heterocycles. The van der Waals surface area contributed by atoms with Crippen LogP contribution in [-0.2, 0) is 9.59 Å². The van der Waals surface area contributed by atoms with E-state index in [1.807, 2.05) is 33.8 Å². The van der Waals surface area contributed by atoms with Crippen LogP contribution in [0, 0.1) is 26.7 Å². The highest BCUT2D eigenvalue weighted by molar-refractivity contribution is 5.97. The van der Waals surface area contributed by atoms with E-state index in [-0.39, 0.29) is 12.3 Å². The smallest absolute Gasteiger partial charge is 0.249 e. The van der Waals surface area contributed by atoms with Gasteiger partial charge in [-0.15, -0.1) is 0 Å². The summed E-state index contributed by atoms with van der Waals surface area (Å²) in [4.78, 5) is 23.5. The zero-order valence-electron chi connectivity index (χ0n) is 16.7. The average Bonchev–Trinajstić information content (AvgIpc) is 2.88. The van der Waals surface area contributed by atoms with E-state index in [9.17, 15) is 9.59 Å². The van der Waals surface area contributed by atoms with Gasteiger partial charge in [-0.2, -0.15) is 5.10 Å². The first-order chi connectivity index (χ1) is 12.8. The summed E-state index contributed by atoms with van der Waals surface area (Å²) in [5.74, 6) is -0.382. The van der Waals surface area contributed by atoms with Crippen molar-refractivity contribution in [2.24, 2.45) is 11.0 Å². The minimum absolute atomic E-state index is 0.230. The van der Waals surface area contributed by atoms with Crippen molar-refractivity contribution in [3.05, 3.63) is 52.8 Å². The van der Waals surface area contributed by atoms with Crippen LogP contribution in [0.4, 0.5) is 0 Å². The van der Waals surface area contributed by atoms with Gasteiger partial charge in [-0.05, 0) is 44.9 Å². The van der Waals surface area contributed by atoms with Gasteiger partial charge in [0.25, 0.3) is 0 Å². The van der Waals surface area contributed by atoms with Crippen LogP contribution in [0.25, 0.3) is 5.69 Å². The molecule has 6 heteroatoms. The van der Waals surface area contributed by atoms with Crippen LogP contribution >= 0.6 is 0 Å². The molecule has 0 aliphatic carbocycles. The molecule has 0 saturated heterocycles. The molecule has 27 heavy (non-hydrogen) atoms. The summed E-state index contributed by atoms with van der Waals surface area (Å²) in [6.07, 6.45) is 1.38. The number of nitrogens with zero attached hydrogens (tertiary/aromatic N) is 2. The second-order valence-corrected chi connectivity index (χ2v) is 7.17. The van der Waals surface area contributed by atoms with Crippen LogP contribution in [0.5, 0.6) is 0 Å². The fraction of sp³-hybridized carbons (Fsp3) is 0.381. The van der Waals surface area contributed by atoms with E-state index in [1.54, 1.807) is 6.21 Å². The number of aromatic nitrogens is 1. The predicted octanol–water partition coefficient (Wildman–Crippen LogP) is 3.01. The maximum Gasteiger partial charge on any atom is 0.249 e. The van der Waals surface area contributed by atoms with Gasteiger partial charge in [0.2, 0.25) is 11.8 Å². The number of hydrogen-bond acceptors (Lipinski definition) is 3. The van der Waals surface area contributed by atoms with Crippen molar-refractivity contribution in [3.63, 3.8) is 0 Å². The van der Waals surface area contributed by atoms with Crippen molar-refractivity contribution >= 4 is 18.0 Å². The van der Waals surface area contributed by atoms with E-state index in [4.69, 9.17) is 0 Å². The normalized spacial score (nSPS) is 11.2. The van der Waals surface area contributed by atoms with Gasteiger partial charge in [-0.3, -0.25) is 9.59 Å². The topological polar surface area (TPSA) is 75.5 Å². The third-order valence-corrected chi connectivity index (χ3v) is 4.18. The van der Waals surface area contributed by atoms with Gasteiger partial charge < -0.3 is 9.88 Å². The third-order valence-electron chi connectivity index (χ3n) is 4.18. The number of nitrogens with one attached hydrogen (secondary N) is 2. The molecular formula is C21H28N4O2. The number of benzene rings is 1. The van der Waals surface area contributed by atoms with Crippen LogP contribution < -0.4 is 10.7 Å². The van der Waals surface area contributed by atoms with Crippen LogP contribution in [0.15, 0.2) is 35.4 Å². The zero-order valence-corrected chi connectivity index (χ0v) is 16.7. The second-order valence-electron chi connectivity index (χ2n) is 7.17.